The molecule has 0 amide bonds. The maximum atomic E-state index is 12.0. The third kappa shape index (κ3) is 3.26. The van der Waals surface area contributed by atoms with E-state index >= 15 is 0 Å². The maximum absolute atomic E-state index is 12.0. The van der Waals surface area contributed by atoms with Gasteiger partial charge in [-0.1, -0.05) is 13.8 Å². The van der Waals surface area contributed by atoms with Crippen molar-refractivity contribution in [3.8, 4) is 0 Å². The predicted octanol–water partition coefficient (Wildman–Crippen LogP) is 1.43. The van der Waals surface area contributed by atoms with Gasteiger partial charge in [0.2, 0.25) is 0 Å². The summed E-state index contributed by atoms with van der Waals surface area (Å²) < 4.78 is 48.8. The van der Waals surface area contributed by atoms with E-state index in [0.717, 1.165) is 21.3 Å². The second kappa shape index (κ2) is 5.41. The van der Waals surface area contributed by atoms with Crippen molar-refractivity contribution in [2.45, 2.75) is 18.8 Å². The van der Waals surface area contributed by atoms with Crippen molar-refractivity contribution in [3.05, 3.63) is 0 Å². The zero-order valence-electron chi connectivity index (χ0n) is 9.46. The fourth-order valence-electron chi connectivity index (χ4n) is 1.24. The first-order chi connectivity index (χ1) is 6.75. The minimum absolute atomic E-state index is 0.444. The van der Waals surface area contributed by atoms with Crippen molar-refractivity contribution >= 4 is 17.7 Å². The van der Waals surface area contributed by atoms with Gasteiger partial charge in [-0.2, -0.15) is 8.42 Å². The van der Waals surface area contributed by atoms with Crippen LogP contribution in [0.15, 0.2) is 0 Å². The van der Waals surface area contributed by atoms with Crippen molar-refractivity contribution in [2.24, 2.45) is 5.92 Å². The molecular weight excluding hydrogens is 243 g/mol. The van der Waals surface area contributed by atoms with E-state index in [2.05, 4.69) is 13.2 Å². The summed E-state index contributed by atoms with van der Waals surface area (Å²) >= 11 is 0. The molecule has 0 aromatic heterocycles. The lowest BCUT2D eigenvalue weighted by molar-refractivity contribution is 0.263. The molecule has 15 heavy (non-hydrogen) atoms. The van der Waals surface area contributed by atoms with Gasteiger partial charge >= 0.3 is 7.60 Å². The van der Waals surface area contributed by atoms with E-state index < -0.39 is 28.6 Å². The highest BCUT2D eigenvalue weighted by atomic mass is 32.2. The normalized spacial score (nSPS) is 15.6. The molecule has 0 radical (unpaired) electrons. The fourth-order valence-corrected chi connectivity index (χ4v) is 5.44. The van der Waals surface area contributed by atoms with Crippen molar-refractivity contribution < 1.29 is 26.2 Å². The standard InChI is InChI=1S/C7H17O6PS/c1-6(2)7(15(9,10)13-5)14(8,11-3)12-4/h6-7H,1-5H3. The first kappa shape index (κ1) is 15.1. The molecule has 92 valence electrons. The largest absolute Gasteiger partial charge is 0.350 e. The van der Waals surface area contributed by atoms with Crippen LogP contribution in [0.1, 0.15) is 13.8 Å². The van der Waals surface area contributed by atoms with Crippen LogP contribution in [0.2, 0.25) is 0 Å². The van der Waals surface area contributed by atoms with Crippen molar-refractivity contribution in [3.63, 3.8) is 0 Å². The highest BCUT2D eigenvalue weighted by molar-refractivity contribution is 7.94. The van der Waals surface area contributed by atoms with Gasteiger partial charge in [0.1, 0.15) is 0 Å². The highest BCUT2D eigenvalue weighted by Crippen LogP contribution is 2.56. The van der Waals surface area contributed by atoms with Crippen LogP contribution in [-0.2, 0) is 27.9 Å². The van der Waals surface area contributed by atoms with E-state index in [9.17, 15) is 13.0 Å². The van der Waals surface area contributed by atoms with Gasteiger partial charge in [0.25, 0.3) is 10.1 Å². The molecule has 0 saturated heterocycles. The van der Waals surface area contributed by atoms with Gasteiger partial charge < -0.3 is 9.05 Å². The predicted molar refractivity (Wildman–Crippen MR) is 56.2 cm³/mol. The molecule has 0 aliphatic rings. The lowest BCUT2D eigenvalue weighted by Crippen LogP contribution is -2.29. The molecule has 6 nitrogen and oxygen atoms in total. The van der Waals surface area contributed by atoms with Crippen LogP contribution < -0.4 is 0 Å². The van der Waals surface area contributed by atoms with Gasteiger partial charge in [-0.3, -0.25) is 8.75 Å². The highest BCUT2D eigenvalue weighted by Gasteiger charge is 2.46. The second-order valence-corrected chi connectivity index (χ2v) is 7.74. The molecule has 0 N–H and O–H groups in total. The Bertz CT molecular complexity index is 327. The second-order valence-electron chi connectivity index (χ2n) is 3.20. The topological polar surface area (TPSA) is 78.9 Å². The van der Waals surface area contributed by atoms with Crippen LogP contribution in [0.4, 0.5) is 0 Å². The van der Waals surface area contributed by atoms with Gasteiger partial charge in [-0.05, 0) is 5.92 Å². The van der Waals surface area contributed by atoms with Crippen LogP contribution >= 0.6 is 7.60 Å². The van der Waals surface area contributed by atoms with Gasteiger partial charge in [0.05, 0.1) is 7.11 Å². The SMILES string of the molecule is COP(=O)(OC)C(C(C)C)S(=O)(=O)OC. The monoisotopic (exact) mass is 260 g/mol. The Hall–Kier alpha value is 0.0600. The lowest BCUT2D eigenvalue weighted by atomic mass is 10.3. The maximum Gasteiger partial charge on any atom is 0.350 e. The number of rotatable bonds is 6. The summed E-state index contributed by atoms with van der Waals surface area (Å²) in [6.07, 6.45) is 0. The average molecular weight is 260 g/mol. The zero-order valence-corrected chi connectivity index (χ0v) is 11.2. The van der Waals surface area contributed by atoms with Crippen molar-refractivity contribution in [1.82, 2.24) is 0 Å². The third-order valence-electron chi connectivity index (χ3n) is 1.92. The molecule has 8 heteroatoms. The van der Waals surface area contributed by atoms with E-state index in [1.165, 1.54) is 0 Å². The summed E-state index contributed by atoms with van der Waals surface area (Å²) in [5.41, 5.74) is 0. The summed E-state index contributed by atoms with van der Waals surface area (Å²) in [5, 5.41) is 0. The van der Waals surface area contributed by atoms with E-state index in [0.29, 0.717) is 0 Å². The Morgan fingerprint density at radius 1 is 1.07 bits per heavy atom. The molecule has 0 fully saturated rings. The first-order valence-corrected chi connectivity index (χ1v) is 7.34. The molecule has 0 spiro atoms. The molecule has 0 bridgehead atoms. The van der Waals surface area contributed by atoms with Gasteiger partial charge in [-0.25, -0.2) is 0 Å². The average Bonchev–Trinajstić information content (AvgIpc) is 2.16. The van der Waals surface area contributed by atoms with Crippen LogP contribution in [0.3, 0.4) is 0 Å². The zero-order chi connectivity index (χ0) is 12.3. The molecule has 0 aliphatic heterocycles. The van der Waals surface area contributed by atoms with E-state index in [1.807, 2.05) is 0 Å². The number of hydrogen-bond acceptors (Lipinski definition) is 6. The molecule has 0 aliphatic carbocycles. The Morgan fingerprint density at radius 3 is 1.67 bits per heavy atom. The smallest absolute Gasteiger partial charge is 0.311 e. The summed E-state index contributed by atoms with van der Waals surface area (Å²) in [4.78, 5) is -1.31. The molecule has 1 unspecified atom stereocenters. The summed E-state index contributed by atoms with van der Waals surface area (Å²) in [6.45, 7) is 3.21. The van der Waals surface area contributed by atoms with E-state index in [4.69, 9.17) is 0 Å². The summed E-state index contributed by atoms with van der Waals surface area (Å²) in [5.74, 6) is -0.444. The van der Waals surface area contributed by atoms with Gasteiger partial charge in [-0.15, -0.1) is 0 Å². The van der Waals surface area contributed by atoms with Gasteiger partial charge in [0.15, 0.2) is 4.99 Å². The third-order valence-corrected chi connectivity index (χ3v) is 7.31. The van der Waals surface area contributed by atoms with Crippen molar-refractivity contribution in [2.75, 3.05) is 21.3 Å². The molecule has 0 aromatic carbocycles. The minimum atomic E-state index is -3.95. The first-order valence-electron chi connectivity index (χ1n) is 4.25. The summed E-state index contributed by atoms with van der Waals surface area (Å²) in [7, 11) is -4.35. The molecule has 0 saturated carbocycles. The quantitative estimate of drug-likeness (QED) is 0.531. The Labute approximate surface area is 90.6 Å². The Balaban J connectivity index is 5.44. The van der Waals surface area contributed by atoms with Crippen molar-refractivity contribution in [1.29, 1.82) is 0 Å². The molecule has 0 rings (SSSR count). The van der Waals surface area contributed by atoms with E-state index in [-0.39, 0.29) is 0 Å². The Morgan fingerprint density at radius 2 is 1.47 bits per heavy atom. The van der Waals surface area contributed by atoms with Crippen LogP contribution in [-0.4, -0.2) is 34.7 Å². The van der Waals surface area contributed by atoms with Crippen LogP contribution in [0, 0.1) is 5.92 Å². The summed E-state index contributed by atoms with van der Waals surface area (Å²) in [6, 6.07) is 0. The Kier molecular flexibility index (Phi) is 5.43. The molecular formula is C7H17O6PS. The molecule has 0 heterocycles. The number of hydrogen-bond donors (Lipinski definition) is 0. The fraction of sp³-hybridized carbons (Fsp3) is 1.00. The van der Waals surface area contributed by atoms with Crippen LogP contribution in [0.5, 0.6) is 0 Å². The molecule has 1 atom stereocenters. The van der Waals surface area contributed by atoms with Gasteiger partial charge in [0, 0.05) is 14.2 Å². The minimum Gasteiger partial charge on any atom is -0.311 e. The molecule has 0 aromatic rings. The lowest BCUT2D eigenvalue weighted by Gasteiger charge is -2.25. The van der Waals surface area contributed by atoms with E-state index in [1.54, 1.807) is 13.8 Å². The van der Waals surface area contributed by atoms with Crippen LogP contribution in [0.25, 0.3) is 0 Å².